The van der Waals surface area contributed by atoms with Gasteiger partial charge < -0.3 is 4.74 Å². The van der Waals surface area contributed by atoms with Crippen LogP contribution in [0.15, 0.2) is 42.6 Å². The molecule has 1 atom stereocenters. The molecule has 1 aromatic carbocycles. The Kier molecular flexibility index (Phi) is 4.20. The maximum Gasteiger partial charge on any atom is 0.122 e. The van der Waals surface area contributed by atoms with E-state index in [1.165, 1.54) is 17.5 Å². The first-order chi connectivity index (χ1) is 10.3. The van der Waals surface area contributed by atoms with Crippen LogP contribution in [0.25, 0.3) is 0 Å². The van der Waals surface area contributed by atoms with E-state index in [-0.39, 0.29) is 0 Å². The van der Waals surface area contributed by atoms with Crippen molar-refractivity contribution in [3.63, 3.8) is 0 Å². The Balaban J connectivity index is 1.70. The summed E-state index contributed by atoms with van der Waals surface area (Å²) < 4.78 is 5.50. The summed E-state index contributed by atoms with van der Waals surface area (Å²) in [5.74, 6) is 1.58. The van der Waals surface area contributed by atoms with Crippen LogP contribution in [0.4, 0.5) is 0 Å². The van der Waals surface area contributed by atoms with Crippen molar-refractivity contribution in [2.24, 2.45) is 0 Å². The van der Waals surface area contributed by atoms with Crippen molar-refractivity contribution in [2.75, 3.05) is 20.2 Å². The molecule has 1 saturated heterocycles. The van der Waals surface area contributed by atoms with Gasteiger partial charge in [-0.3, -0.25) is 9.88 Å². The van der Waals surface area contributed by atoms with Crippen LogP contribution < -0.4 is 4.74 Å². The molecular weight excluding hydrogens is 260 g/mol. The molecule has 2 heterocycles. The molecule has 110 valence electrons. The van der Waals surface area contributed by atoms with Crippen LogP contribution >= 0.6 is 0 Å². The minimum Gasteiger partial charge on any atom is -0.496 e. The lowest BCUT2D eigenvalue weighted by molar-refractivity contribution is 0.324. The SMILES string of the molecule is COc1ccccc1C1CCN(Cc2cccnc2C)C1. The van der Waals surface area contributed by atoms with Crippen LogP contribution in [0.3, 0.4) is 0 Å². The zero-order chi connectivity index (χ0) is 14.7. The van der Waals surface area contributed by atoms with Crippen molar-refractivity contribution >= 4 is 0 Å². The first-order valence-corrected chi connectivity index (χ1v) is 7.53. The van der Waals surface area contributed by atoms with E-state index in [9.17, 15) is 0 Å². The third-order valence-corrected chi connectivity index (χ3v) is 4.36. The average molecular weight is 282 g/mol. The lowest BCUT2D eigenvalue weighted by Crippen LogP contribution is -2.20. The van der Waals surface area contributed by atoms with Gasteiger partial charge >= 0.3 is 0 Å². The van der Waals surface area contributed by atoms with E-state index in [0.717, 1.165) is 31.1 Å². The molecule has 1 aliphatic rings. The summed E-state index contributed by atoms with van der Waals surface area (Å²) in [5.41, 5.74) is 3.81. The van der Waals surface area contributed by atoms with Gasteiger partial charge in [-0.2, -0.15) is 0 Å². The number of likely N-dealkylation sites (tertiary alicyclic amines) is 1. The molecule has 1 fully saturated rings. The number of hydrogen-bond acceptors (Lipinski definition) is 3. The third-order valence-electron chi connectivity index (χ3n) is 4.36. The van der Waals surface area contributed by atoms with Gasteiger partial charge in [0.25, 0.3) is 0 Å². The molecule has 0 amide bonds. The van der Waals surface area contributed by atoms with Crippen molar-refractivity contribution in [2.45, 2.75) is 25.8 Å². The van der Waals surface area contributed by atoms with Gasteiger partial charge in [-0.1, -0.05) is 24.3 Å². The van der Waals surface area contributed by atoms with Gasteiger partial charge in [0.2, 0.25) is 0 Å². The molecule has 0 saturated carbocycles. The minimum atomic E-state index is 0.568. The zero-order valence-electron chi connectivity index (χ0n) is 12.7. The number of aryl methyl sites for hydroxylation is 1. The largest absolute Gasteiger partial charge is 0.496 e. The highest BCUT2D eigenvalue weighted by atomic mass is 16.5. The Labute approximate surface area is 126 Å². The molecule has 21 heavy (non-hydrogen) atoms. The number of aromatic nitrogens is 1. The van der Waals surface area contributed by atoms with Crippen LogP contribution in [0, 0.1) is 6.92 Å². The van der Waals surface area contributed by atoms with E-state index in [1.807, 2.05) is 18.3 Å². The Morgan fingerprint density at radius 2 is 2.10 bits per heavy atom. The topological polar surface area (TPSA) is 25.4 Å². The highest BCUT2D eigenvalue weighted by Gasteiger charge is 2.26. The first kappa shape index (κ1) is 14.1. The molecule has 2 aromatic rings. The molecule has 0 radical (unpaired) electrons. The maximum absolute atomic E-state index is 5.50. The standard InChI is InChI=1S/C18H22N2O/c1-14-15(6-5-10-19-14)12-20-11-9-16(13-20)17-7-3-4-8-18(17)21-2/h3-8,10,16H,9,11-13H2,1-2H3. The van der Waals surface area contributed by atoms with Crippen molar-refractivity contribution in [1.29, 1.82) is 0 Å². The van der Waals surface area contributed by atoms with E-state index < -0.39 is 0 Å². The molecule has 3 rings (SSSR count). The van der Waals surface area contributed by atoms with Gasteiger partial charge in [-0.25, -0.2) is 0 Å². The first-order valence-electron chi connectivity index (χ1n) is 7.53. The van der Waals surface area contributed by atoms with Gasteiger partial charge in [-0.05, 0) is 43.1 Å². The second-order valence-electron chi connectivity index (χ2n) is 5.71. The number of methoxy groups -OCH3 is 1. The minimum absolute atomic E-state index is 0.568. The molecule has 0 N–H and O–H groups in total. The van der Waals surface area contributed by atoms with E-state index in [0.29, 0.717) is 5.92 Å². The van der Waals surface area contributed by atoms with Crippen LogP contribution in [0.2, 0.25) is 0 Å². The highest BCUT2D eigenvalue weighted by Crippen LogP contribution is 2.33. The molecule has 0 aliphatic carbocycles. The lowest BCUT2D eigenvalue weighted by atomic mass is 9.97. The number of para-hydroxylation sites is 1. The second kappa shape index (κ2) is 6.27. The smallest absolute Gasteiger partial charge is 0.122 e. The van der Waals surface area contributed by atoms with Crippen LogP contribution in [-0.4, -0.2) is 30.1 Å². The number of hydrogen-bond donors (Lipinski definition) is 0. The fourth-order valence-electron chi connectivity index (χ4n) is 3.16. The Morgan fingerprint density at radius 1 is 1.24 bits per heavy atom. The highest BCUT2D eigenvalue weighted by molar-refractivity contribution is 5.37. The third kappa shape index (κ3) is 3.08. The van der Waals surface area contributed by atoms with Crippen molar-refractivity contribution in [3.05, 3.63) is 59.4 Å². The van der Waals surface area contributed by atoms with Gasteiger partial charge in [0.1, 0.15) is 5.75 Å². The molecule has 1 unspecified atom stereocenters. The molecule has 1 aliphatic heterocycles. The summed E-state index contributed by atoms with van der Waals surface area (Å²) in [5, 5.41) is 0. The van der Waals surface area contributed by atoms with Gasteiger partial charge in [0.15, 0.2) is 0 Å². The molecule has 3 nitrogen and oxygen atoms in total. The fraction of sp³-hybridized carbons (Fsp3) is 0.389. The van der Waals surface area contributed by atoms with Crippen molar-refractivity contribution in [3.8, 4) is 5.75 Å². The molecule has 0 spiro atoms. The van der Waals surface area contributed by atoms with E-state index in [1.54, 1.807) is 7.11 Å². The van der Waals surface area contributed by atoms with Crippen LogP contribution in [0.5, 0.6) is 5.75 Å². The Hall–Kier alpha value is -1.87. The van der Waals surface area contributed by atoms with Crippen LogP contribution in [0.1, 0.15) is 29.2 Å². The quantitative estimate of drug-likeness (QED) is 0.859. The van der Waals surface area contributed by atoms with E-state index in [2.05, 4.69) is 41.1 Å². The van der Waals surface area contributed by atoms with E-state index in [4.69, 9.17) is 4.74 Å². The number of benzene rings is 1. The number of nitrogens with zero attached hydrogens (tertiary/aromatic N) is 2. The molecule has 1 aromatic heterocycles. The van der Waals surface area contributed by atoms with Gasteiger partial charge in [-0.15, -0.1) is 0 Å². The van der Waals surface area contributed by atoms with Gasteiger partial charge in [0, 0.05) is 30.9 Å². The lowest BCUT2D eigenvalue weighted by Gasteiger charge is -2.18. The summed E-state index contributed by atoms with van der Waals surface area (Å²) in [6, 6.07) is 12.6. The average Bonchev–Trinajstić information content (AvgIpc) is 2.98. The Bertz CT molecular complexity index is 612. The fourth-order valence-corrected chi connectivity index (χ4v) is 3.16. The number of ether oxygens (including phenoxy) is 1. The normalized spacial score (nSPS) is 18.9. The predicted molar refractivity (Wildman–Crippen MR) is 84.6 cm³/mol. The summed E-state index contributed by atoms with van der Waals surface area (Å²) in [4.78, 5) is 6.89. The number of pyridine rings is 1. The van der Waals surface area contributed by atoms with Gasteiger partial charge in [0.05, 0.1) is 7.11 Å². The van der Waals surface area contributed by atoms with E-state index >= 15 is 0 Å². The molecule has 0 bridgehead atoms. The predicted octanol–water partition coefficient (Wildman–Crippen LogP) is 3.39. The summed E-state index contributed by atoms with van der Waals surface area (Å²) >= 11 is 0. The maximum atomic E-state index is 5.50. The summed E-state index contributed by atoms with van der Waals surface area (Å²) in [7, 11) is 1.75. The summed E-state index contributed by atoms with van der Waals surface area (Å²) in [6.45, 7) is 5.31. The zero-order valence-corrected chi connectivity index (χ0v) is 12.7. The number of rotatable bonds is 4. The van der Waals surface area contributed by atoms with Crippen molar-refractivity contribution in [1.82, 2.24) is 9.88 Å². The summed E-state index contributed by atoms with van der Waals surface area (Å²) in [6.07, 6.45) is 3.06. The Morgan fingerprint density at radius 3 is 2.90 bits per heavy atom. The molecular formula is C18H22N2O. The van der Waals surface area contributed by atoms with Crippen molar-refractivity contribution < 1.29 is 4.74 Å². The van der Waals surface area contributed by atoms with Crippen LogP contribution in [-0.2, 0) is 6.54 Å². The molecule has 3 heteroatoms. The monoisotopic (exact) mass is 282 g/mol. The second-order valence-corrected chi connectivity index (χ2v) is 5.71.